The molecule has 1 aliphatic heterocycles. The highest BCUT2D eigenvalue weighted by atomic mass is 16.4. The minimum absolute atomic E-state index is 0.0456. The number of nitrogens with zero attached hydrogens (tertiary/aromatic N) is 6. The molecular weight excluding hydrogens is 488 g/mol. The van der Waals surface area contributed by atoms with Crippen molar-refractivity contribution in [3.8, 4) is 11.1 Å². The van der Waals surface area contributed by atoms with Crippen molar-refractivity contribution >= 4 is 23.4 Å². The Morgan fingerprint density at radius 1 is 0.789 bits per heavy atom. The number of carbonyl (C=O) groups is 3. The fourth-order valence-electron chi connectivity index (χ4n) is 4.63. The summed E-state index contributed by atoms with van der Waals surface area (Å²) in [5, 5.41) is 22.1. The van der Waals surface area contributed by atoms with Crippen LogP contribution >= 0.6 is 0 Å². The van der Waals surface area contributed by atoms with Gasteiger partial charge in [-0.05, 0) is 47.2 Å². The molecule has 0 aliphatic carbocycles. The molecule has 2 aromatic carbocycles. The molecule has 2 N–H and O–H groups in total. The summed E-state index contributed by atoms with van der Waals surface area (Å²) in [5.41, 5.74) is 14.1. The number of hydrogen-bond donors (Lipinski definition) is 2. The molecule has 1 heterocycles. The SMILES string of the molecule is Cc1cc(-c2ccc(N=[N+]=[N-])c(C)c2)ccc1CC(=O)CN1CCN(CC(=O)O)CCN(CC(=O)O)CC1. The van der Waals surface area contributed by atoms with Crippen molar-refractivity contribution in [3.63, 3.8) is 0 Å². The maximum absolute atomic E-state index is 13.0. The third kappa shape index (κ3) is 8.67. The lowest BCUT2D eigenvalue weighted by molar-refractivity contribution is -0.140. The van der Waals surface area contributed by atoms with Gasteiger partial charge in [-0.15, -0.1) is 0 Å². The van der Waals surface area contributed by atoms with Gasteiger partial charge in [-0.2, -0.15) is 0 Å². The molecule has 0 bridgehead atoms. The highest BCUT2D eigenvalue weighted by Gasteiger charge is 2.21. The number of carboxylic acid groups (broad SMARTS) is 2. The van der Waals surface area contributed by atoms with Crippen LogP contribution < -0.4 is 0 Å². The number of benzene rings is 2. The largest absolute Gasteiger partial charge is 0.480 e. The monoisotopic (exact) mass is 522 g/mol. The van der Waals surface area contributed by atoms with Gasteiger partial charge in [0, 0.05) is 56.3 Å². The normalized spacial score (nSPS) is 15.6. The van der Waals surface area contributed by atoms with Crippen LogP contribution in [-0.2, 0) is 20.8 Å². The predicted octanol–water partition coefficient (Wildman–Crippen LogP) is 3.11. The first-order chi connectivity index (χ1) is 18.1. The average molecular weight is 523 g/mol. The molecule has 0 spiro atoms. The predicted molar refractivity (Wildman–Crippen MR) is 143 cm³/mol. The van der Waals surface area contributed by atoms with Crippen LogP contribution in [0.15, 0.2) is 41.5 Å². The van der Waals surface area contributed by atoms with Gasteiger partial charge in [0.1, 0.15) is 0 Å². The molecule has 0 amide bonds. The van der Waals surface area contributed by atoms with E-state index in [4.69, 9.17) is 5.53 Å². The van der Waals surface area contributed by atoms with Crippen molar-refractivity contribution in [3.05, 3.63) is 63.5 Å². The minimum Gasteiger partial charge on any atom is -0.480 e. The highest BCUT2D eigenvalue weighted by Crippen LogP contribution is 2.28. The fourth-order valence-corrected chi connectivity index (χ4v) is 4.63. The number of Topliss-reactive ketones (excluding diaryl/α,β-unsaturated/α-hetero) is 1. The van der Waals surface area contributed by atoms with E-state index in [1.54, 1.807) is 15.9 Å². The van der Waals surface area contributed by atoms with E-state index < -0.39 is 11.9 Å². The number of aliphatic carboxylic acids is 2. The molecule has 3 rings (SSSR count). The Morgan fingerprint density at radius 2 is 1.26 bits per heavy atom. The van der Waals surface area contributed by atoms with Crippen molar-refractivity contribution in [1.82, 2.24) is 14.7 Å². The van der Waals surface area contributed by atoms with E-state index in [0.29, 0.717) is 45.0 Å². The lowest BCUT2D eigenvalue weighted by Crippen LogP contribution is -2.40. The van der Waals surface area contributed by atoms with Gasteiger partial charge in [0.2, 0.25) is 0 Å². The molecule has 38 heavy (non-hydrogen) atoms. The second-order valence-electron chi connectivity index (χ2n) is 9.66. The Kier molecular flexibility index (Phi) is 10.4. The summed E-state index contributed by atoms with van der Waals surface area (Å²) in [6.07, 6.45) is 0.273. The Bertz CT molecular complexity index is 1200. The average Bonchev–Trinajstić information content (AvgIpc) is 2.93. The number of hydrogen-bond acceptors (Lipinski definition) is 7. The molecular formula is C27H34N6O5. The number of rotatable bonds is 10. The summed E-state index contributed by atoms with van der Waals surface area (Å²) in [5.74, 6) is -1.82. The van der Waals surface area contributed by atoms with Crippen LogP contribution in [-0.4, -0.2) is 102 Å². The molecule has 1 aliphatic rings. The molecule has 2 aromatic rings. The first-order valence-electron chi connectivity index (χ1n) is 12.5. The summed E-state index contributed by atoms with van der Waals surface area (Å²) >= 11 is 0. The van der Waals surface area contributed by atoms with Gasteiger partial charge in [-0.3, -0.25) is 29.1 Å². The Labute approximate surface area is 221 Å². The van der Waals surface area contributed by atoms with E-state index in [9.17, 15) is 24.6 Å². The molecule has 1 saturated heterocycles. The van der Waals surface area contributed by atoms with Crippen molar-refractivity contribution in [2.45, 2.75) is 20.3 Å². The van der Waals surface area contributed by atoms with Gasteiger partial charge in [-0.25, -0.2) is 0 Å². The first kappa shape index (κ1) is 28.8. The van der Waals surface area contributed by atoms with E-state index in [2.05, 4.69) is 10.0 Å². The van der Waals surface area contributed by atoms with Gasteiger partial charge >= 0.3 is 11.9 Å². The summed E-state index contributed by atoms with van der Waals surface area (Å²) in [6.45, 7) is 6.79. The molecule has 1 fully saturated rings. The van der Waals surface area contributed by atoms with Gasteiger partial charge in [0.05, 0.1) is 19.6 Å². The molecule has 202 valence electrons. The summed E-state index contributed by atoms with van der Waals surface area (Å²) in [4.78, 5) is 43.9. The first-order valence-corrected chi connectivity index (χ1v) is 12.5. The summed E-state index contributed by atoms with van der Waals surface area (Å²) in [7, 11) is 0. The van der Waals surface area contributed by atoms with Crippen LogP contribution in [0, 0.1) is 13.8 Å². The van der Waals surface area contributed by atoms with Crippen LogP contribution in [0.25, 0.3) is 21.6 Å². The quantitative estimate of drug-likeness (QED) is 0.274. The van der Waals surface area contributed by atoms with E-state index in [0.717, 1.165) is 27.8 Å². The lowest BCUT2D eigenvalue weighted by atomic mass is 9.96. The maximum Gasteiger partial charge on any atom is 0.317 e. The molecule has 0 atom stereocenters. The smallest absolute Gasteiger partial charge is 0.317 e. The lowest BCUT2D eigenvalue weighted by Gasteiger charge is -2.24. The molecule has 11 nitrogen and oxygen atoms in total. The number of azide groups is 1. The fraction of sp³-hybridized carbons (Fsp3) is 0.444. The van der Waals surface area contributed by atoms with Gasteiger partial charge in [0.25, 0.3) is 0 Å². The number of ketones is 1. The third-order valence-electron chi connectivity index (χ3n) is 6.73. The highest BCUT2D eigenvalue weighted by molar-refractivity contribution is 5.83. The zero-order chi connectivity index (χ0) is 27.7. The summed E-state index contributed by atoms with van der Waals surface area (Å²) < 4.78 is 0. The standard InChI is InChI=1S/C27H34N6O5/c1-19-13-22(23-5-6-25(29-30-28)20(2)14-23)4-3-21(19)15-24(34)16-31-7-9-32(17-26(35)36)11-12-33(10-8-31)18-27(37)38/h3-6,13-14H,7-12,15-18H2,1-2H3,(H,35,36)(H,37,38). The van der Waals surface area contributed by atoms with Gasteiger partial charge in [0.15, 0.2) is 5.78 Å². The van der Waals surface area contributed by atoms with Crippen molar-refractivity contribution in [2.75, 3.05) is 58.9 Å². The molecule has 0 radical (unpaired) electrons. The van der Waals surface area contributed by atoms with Crippen LogP contribution in [0.2, 0.25) is 0 Å². The Morgan fingerprint density at radius 3 is 1.71 bits per heavy atom. The summed E-state index contributed by atoms with van der Waals surface area (Å²) in [6, 6.07) is 11.6. The maximum atomic E-state index is 13.0. The number of carboxylic acids is 2. The molecule has 0 aromatic heterocycles. The molecule has 0 saturated carbocycles. The van der Waals surface area contributed by atoms with Crippen molar-refractivity contribution in [2.24, 2.45) is 5.11 Å². The second-order valence-corrected chi connectivity index (χ2v) is 9.66. The van der Waals surface area contributed by atoms with E-state index in [1.165, 1.54) is 0 Å². The van der Waals surface area contributed by atoms with E-state index in [-0.39, 0.29) is 31.8 Å². The van der Waals surface area contributed by atoms with E-state index in [1.807, 2.05) is 49.1 Å². The van der Waals surface area contributed by atoms with E-state index >= 15 is 0 Å². The Balaban J connectivity index is 1.66. The third-order valence-corrected chi connectivity index (χ3v) is 6.73. The molecule has 11 heteroatoms. The Hall–Kier alpha value is -3.76. The van der Waals surface area contributed by atoms with Crippen LogP contribution in [0.3, 0.4) is 0 Å². The van der Waals surface area contributed by atoms with Crippen LogP contribution in [0.4, 0.5) is 5.69 Å². The number of aryl methyl sites for hydroxylation is 2. The topological polar surface area (TPSA) is 150 Å². The van der Waals surface area contributed by atoms with Crippen LogP contribution in [0.5, 0.6) is 0 Å². The second kappa shape index (κ2) is 13.7. The van der Waals surface area contributed by atoms with Gasteiger partial charge < -0.3 is 10.2 Å². The van der Waals surface area contributed by atoms with Crippen molar-refractivity contribution in [1.29, 1.82) is 0 Å². The van der Waals surface area contributed by atoms with Crippen molar-refractivity contribution < 1.29 is 24.6 Å². The molecule has 0 unspecified atom stereocenters. The number of carbonyl (C=O) groups excluding carboxylic acids is 1. The zero-order valence-electron chi connectivity index (χ0n) is 21.8. The zero-order valence-corrected chi connectivity index (χ0v) is 21.8. The van der Waals surface area contributed by atoms with Crippen LogP contribution in [0.1, 0.15) is 16.7 Å². The van der Waals surface area contributed by atoms with Gasteiger partial charge in [-0.1, -0.05) is 41.5 Å². The minimum atomic E-state index is -0.933.